The van der Waals surface area contributed by atoms with Crippen LogP contribution in [0.5, 0.6) is 0 Å². The Balaban J connectivity index is 1.44. The van der Waals surface area contributed by atoms with Crippen molar-refractivity contribution in [3.05, 3.63) is 80.3 Å². The molecule has 1 fully saturated rings. The fourth-order valence-corrected chi connectivity index (χ4v) is 4.80. The number of rotatable bonds is 2. The molecule has 2 aliphatic rings. The van der Waals surface area contributed by atoms with E-state index in [0.717, 1.165) is 43.1 Å². The van der Waals surface area contributed by atoms with Gasteiger partial charge in [-0.25, -0.2) is 4.98 Å². The number of hydrogen-bond donors (Lipinski definition) is 0. The highest BCUT2D eigenvalue weighted by molar-refractivity contribution is 5.40. The molecule has 2 atom stereocenters. The Kier molecular flexibility index (Phi) is 3.75. The van der Waals surface area contributed by atoms with Crippen LogP contribution in [0.3, 0.4) is 0 Å². The molecule has 0 saturated carbocycles. The van der Waals surface area contributed by atoms with Crippen LogP contribution in [0.1, 0.15) is 29.4 Å². The van der Waals surface area contributed by atoms with Gasteiger partial charge in [0.15, 0.2) is 0 Å². The molecular weight excluding hydrogens is 340 g/mol. The molecule has 0 aliphatic carbocycles. The highest BCUT2D eigenvalue weighted by Gasteiger charge is 2.34. The van der Waals surface area contributed by atoms with Gasteiger partial charge >= 0.3 is 0 Å². The number of aryl methyl sites for hydroxylation is 1. The smallest absolute Gasteiger partial charge is 0.258 e. The van der Waals surface area contributed by atoms with Crippen LogP contribution in [0.25, 0.3) is 5.65 Å². The molecule has 0 radical (unpaired) electrons. The molecule has 5 heterocycles. The van der Waals surface area contributed by atoms with Crippen LogP contribution in [-0.4, -0.2) is 31.9 Å². The Morgan fingerprint density at radius 3 is 2.78 bits per heavy atom. The Morgan fingerprint density at radius 2 is 1.89 bits per heavy atom. The molecule has 1 saturated heterocycles. The van der Waals surface area contributed by atoms with Crippen molar-refractivity contribution >= 4 is 5.65 Å². The van der Waals surface area contributed by atoms with Crippen molar-refractivity contribution in [1.82, 2.24) is 18.9 Å². The number of likely N-dealkylation sites (tertiary alicyclic amines) is 1. The van der Waals surface area contributed by atoms with Gasteiger partial charge in [-0.1, -0.05) is 12.1 Å². The summed E-state index contributed by atoms with van der Waals surface area (Å²) in [6.45, 7) is 5.21. The summed E-state index contributed by atoms with van der Waals surface area (Å²) >= 11 is 0. The zero-order valence-corrected chi connectivity index (χ0v) is 15.3. The van der Waals surface area contributed by atoms with Crippen molar-refractivity contribution in [1.29, 1.82) is 0 Å². The van der Waals surface area contributed by atoms with Crippen molar-refractivity contribution in [3.8, 4) is 0 Å². The van der Waals surface area contributed by atoms with Crippen LogP contribution >= 0.6 is 0 Å². The number of nitrogens with zero attached hydrogens (tertiary/aromatic N) is 4. The zero-order chi connectivity index (χ0) is 18.5. The fourth-order valence-electron chi connectivity index (χ4n) is 4.80. The quantitative estimate of drug-likeness (QED) is 0.697. The molecule has 6 nitrogen and oxygen atoms in total. The summed E-state index contributed by atoms with van der Waals surface area (Å²) in [5.74, 6) is 0.843. The predicted octanol–water partition coefficient (Wildman–Crippen LogP) is 1.78. The zero-order valence-electron chi connectivity index (χ0n) is 15.3. The molecule has 3 aromatic heterocycles. The molecule has 0 amide bonds. The average Bonchev–Trinajstić information content (AvgIpc) is 2.62. The molecule has 0 aromatic carbocycles. The Bertz CT molecular complexity index is 1150. The van der Waals surface area contributed by atoms with Crippen molar-refractivity contribution in [2.24, 2.45) is 5.92 Å². The molecule has 2 aliphatic heterocycles. The van der Waals surface area contributed by atoms with Crippen molar-refractivity contribution in [2.75, 3.05) is 13.1 Å². The number of piperidine rings is 1. The van der Waals surface area contributed by atoms with Crippen LogP contribution < -0.4 is 11.1 Å². The minimum Gasteiger partial charge on any atom is -0.312 e. The molecule has 6 heteroatoms. The summed E-state index contributed by atoms with van der Waals surface area (Å²) in [6.07, 6.45) is 1.13. The van der Waals surface area contributed by atoms with Gasteiger partial charge in [-0.2, -0.15) is 0 Å². The Hall–Kier alpha value is -2.73. The second-order valence-corrected chi connectivity index (χ2v) is 7.84. The standard InChI is InChI=1S/C21H22N4O2/c1-14-4-2-6-19-22-17(9-21(27)25(14)19)13-23-10-15-8-16(12-23)18-5-3-7-20(26)24(18)11-15/h2-7,9,15-16H,8,10-13H2,1H3/t15-,16+/m0/s1. The number of pyridine rings is 2. The minimum absolute atomic E-state index is 0.0257. The lowest BCUT2D eigenvalue weighted by Crippen LogP contribution is -2.46. The maximum atomic E-state index is 12.5. The van der Waals surface area contributed by atoms with E-state index in [4.69, 9.17) is 4.98 Å². The second kappa shape index (κ2) is 6.16. The van der Waals surface area contributed by atoms with E-state index in [1.807, 2.05) is 35.8 Å². The van der Waals surface area contributed by atoms with Gasteiger partial charge in [-0.3, -0.25) is 18.9 Å². The van der Waals surface area contributed by atoms with E-state index in [9.17, 15) is 9.59 Å². The van der Waals surface area contributed by atoms with Crippen LogP contribution in [0.15, 0.2) is 52.1 Å². The van der Waals surface area contributed by atoms with Crippen molar-refractivity contribution < 1.29 is 0 Å². The second-order valence-electron chi connectivity index (χ2n) is 7.84. The largest absolute Gasteiger partial charge is 0.312 e. The first kappa shape index (κ1) is 16.4. The molecule has 27 heavy (non-hydrogen) atoms. The van der Waals surface area contributed by atoms with Gasteiger partial charge in [0.2, 0.25) is 0 Å². The van der Waals surface area contributed by atoms with E-state index in [1.165, 1.54) is 0 Å². The van der Waals surface area contributed by atoms with Gasteiger partial charge in [0.25, 0.3) is 11.1 Å². The van der Waals surface area contributed by atoms with Gasteiger partial charge in [-0.15, -0.1) is 0 Å². The van der Waals surface area contributed by atoms with E-state index in [1.54, 1.807) is 16.5 Å². The summed E-state index contributed by atoms with van der Waals surface area (Å²) in [7, 11) is 0. The molecule has 138 valence electrons. The van der Waals surface area contributed by atoms with E-state index < -0.39 is 0 Å². The summed E-state index contributed by atoms with van der Waals surface area (Å²) in [6, 6.07) is 13.0. The van der Waals surface area contributed by atoms with Gasteiger partial charge < -0.3 is 4.57 Å². The highest BCUT2D eigenvalue weighted by atomic mass is 16.1. The first-order chi connectivity index (χ1) is 13.1. The first-order valence-electron chi connectivity index (χ1n) is 9.49. The van der Waals surface area contributed by atoms with Crippen LogP contribution in [0.2, 0.25) is 0 Å². The molecule has 0 spiro atoms. The number of fused-ring (bicyclic) bond motifs is 5. The van der Waals surface area contributed by atoms with Gasteiger partial charge in [0, 0.05) is 55.6 Å². The Labute approximate surface area is 156 Å². The number of aromatic nitrogens is 3. The van der Waals surface area contributed by atoms with Gasteiger partial charge in [0.05, 0.1) is 5.69 Å². The maximum absolute atomic E-state index is 12.5. The normalized spacial score (nSPS) is 22.0. The lowest BCUT2D eigenvalue weighted by molar-refractivity contribution is 0.113. The van der Waals surface area contributed by atoms with Crippen LogP contribution in [0.4, 0.5) is 0 Å². The van der Waals surface area contributed by atoms with E-state index in [2.05, 4.69) is 11.0 Å². The lowest BCUT2D eigenvalue weighted by atomic mass is 9.83. The average molecular weight is 362 g/mol. The molecule has 5 rings (SSSR count). The van der Waals surface area contributed by atoms with E-state index >= 15 is 0 Å². The summed E-state index contributed by atoms with van der Waals surface area (Å²) < 4.78 is 3.59. The van der Waals surface area contributed by atoms with Crippen LogP contribution in [0, 0.1) is 12.8 Å². The summed E-state index contributed by atoms with van der Waals surface area (Å²) in [5.41, 5.74) is 3.64. The molecular formula is C21H22N4O2. The minimum atomic E-state index is -0.0257. The summed E-state index contributed by atoms with van der Waals surface area (Å²) in [4.78, 5) is 31.8. The molecule has 2 bridgehead atoms. The lowest BCUT2D eigenvalue weighted by Gasteiger charge is -2.42. The van der Waals surface area contributed by atoms with Crippen molar-refractivity contribution in [2.45, 2.75) is 32.4 Å². The monoisotopic (exact) mass is 362 g/mol. The summed E-state index contributed by atoms with van der Waals surface area (Å²) in [5, 5.41) is 0. The molecule has 3 aromatic rings. The third-order valence-electron chi connectivity index (χ3n) is 5.87. The SMILES string of the molecule is Cc1cccc2nc(CN3C[C@@H]4C[C@H](C3)c3cccc(=O)n3C4)cc(=O)n12. The van der Waals surface area contributed by atoms with E-state index in [-0.39, 0.29) is 11.1 Å². The third kappa shape index (κ3) is 2.80. The predicted molar refractivity (Wildman–Crippen MR) is 103 cm³/mol. The topological polar surface area (TPSA) is 59.6 Å². The maximum Gasteiger partial charge on any atom is 0.258 e. The third-order valence-corrected chi connectivity index (χ3v) is 5.87. The Morgan fingerprint density at radius 1 is 1.04 bits per heavy atom. The molecule has 0 N–H and O–H groups in total. The van der Waals surface area contributed by atoms with Crippen molar-refractivity contribution in [3.63, 3.8) is 0 Å². The first-order valence-corrected chi connectivity index (χ1v) is 9.49. The number of hydrogen-bond acceptors (Lipinski definition) is 4. The molecule has 0 unspecified atom stereocenters. The highest BCUT2D eigenvalue weighted by Crippen LogP contribution is 2.35. The fraction of sp³-hybridized carbons (Fsp3) is 0.381. The van der Waals surface area contributed by atoms with Gasteiger partial charge in [0.1, 0.15) is 5.65 Å². The van der Waals surface area contributed by atoms with Gasteiger partial charge in [-0.05, 0) is 37.5 Å². The van der Waals surface area contributed by atoms with Crippen LogP contribution in [-0.2, 0) is 13.1 Å². The van der Waals surface area contributed by atoms with E-state index in [0.29, 0.717) is 24.0 Å².